The summed E-state index contributed by atoms with van der Waals surface area (Å²) in [5.74, 6) is -0.447. The summed E-state index contributed by atoms with van der Waals surface area (Å²) in [4.78, 5) is 0. The highest BCUT2D eigenvalue weighted by atomic mass is 32.1. The molecule has 0 radical (unpaired) electrons. The molecule has 2 rings (SSSR count). The smallest absolute Gasteiger partial charge is 0.261 e. The van der Waals surface area contributed by atoms with Crippen LogP contribution in [0.3, 0.4) is 0 Å². The first kappa shape index (κ1) is 63.6. The van der Waals surface area contributed by atoms with Crippen molar-refractivity contribution in [3.8, 4) is 0 Å². The number of hydrogen-bond donors (Lipinski definition) is 7. The van der Waals surface area contributed by atoms with Gasteiger partial charge in [-0.3, -0.25) is 0 Å². The molecule has 0 aliphatic carbocycles. The third kappa shape index (κ3) is 33.1. The number of anilines is 1. The summed E-state index contributed by atoms with van der Waals surface area (Å²) < 4.78 is 31.1. The van der Waals surface area contributed by atoms with E-state index in [-0.39, 0.29) is 18.4 Å². The average molecular weight is 998 g/mol. The number of thiocarbonyl (C=S) groups is 1. The van der Waals surface area contributed by atoms with E-state index in [1.807, 2.05) is 0 Å². The Labute approximate surface area is 426 Å². The summed E-state index contributed by atoms with van der Waals surface area (Å²) in [6.07, 6.45) is 37.9. The zero-order valence-corrected chi connectivity index (χ0v) is 44.8. The zero-order valence-electron chi connectivity index (χ0n) is 44.0. The molecule has 0 spiro atoms. The Morgan fingerprint density at radius 2 is 1.01 bits per heavy atom. The highest BCUT2D eigenvalue weighted by Gasteiger charge is 2.45. The fourth-order valence-corrected chi connectivity index (χ4v) is 9.74. The first-order chi connectivity index (χ1) is 33.7. The number of aliphatic hydroxyl groups excluding tert-OH is 5. The summed E-state index contributed by atoms with van der Waals surface area (Å²) in [5, 5.41) is 60.9. The predicted molar refractivity (Wildman–Crippen MR) is 287 cm³/mol. The maximum Gasteiger partial charge on any atom is 0.261 e. The molecule has 8 atom stereocenters. The summed E-state index contributed by atoms with van der Waals surface area (Å²) in [6.45, 7) is 4.76. The largest absolute Gasteiger partial charge is 0.468 e. The molecule has 1 fully saturated rings. The van der Waals surface area contributed by atoms with Crippen LogP contribution in [-0.2, 0) is 14.2 Å². The van der Waals surface area contributed by atoms with Crippen molar-refractivity contribution in [3.63, 3.8) is 0 Å². The Morgan fingerprint density at radius 3 is 1.45 bits per heavy atom. The average Bonchev–Trinajstić information content (AvgIpc) is 3.34. The van der Waals surface area contributed by atoms with Crippen LogP contribution < -0.4 is 10.6 Å². The van der Waals surface area contributed by atoms with Crippen LogP contribution in [0.25, 0.3) is 0 Å². The topological polar surface area (TPSA) is 153 Å². The van der Waals surface area contributed by atoms with Crippen LogP contribution in [0.15, 0.2) is 24.3 Å². The molecule has 1 aliphatic rings. The Morgan fingerprint density at radius 1 is 0.594 bits per heavy atom. The second kappa shape index (κ2) is 44.0. The molecule has 1 heterocycles. The molecule has 1 aromatic rings. The van der Waals surface area contributed by atoms with Gasteiger partial charge >= 0.3 is 0 Å². The normalized spacial score (nSPS) is 19.7. The molecule has 0 aromatic heterocycles. The minimum Gasteiger partial charge on any atom is -0.468 e. The minimum atomic E-state index is -1.60. The van der Waals surface area contributed by atoms with Gasteiger partial charge < -0.3 is 50.4 Å². The van der Waals surface area contributed by atoms with Crippen molar-refractivity contribution in [2.45, 2.75) is 300 Å². The van der Waals surface area contributed by atoms with Crippen LogP contribution >= 0.6 is 12.2 Å². The van der Waals surface area contributed by atoms with E-state index in [0.29, 0.717) is 18.7 Å². The monoisotopic (exact) mass is 997 g/mol. The molecule has 7 N–H and O–H groups in total. The first-order valence-corrected chi connectivity index (χ1v) is 29.2. The lowest BCUT2D eigenvalue weighted by atomic mass is 9.98. The Hall–Kier alpha value is -1.48. The quantitative estimate of drug-likeness (QED) is 0.0247. The van der Waals surface area contributed by atoms with Gasteiger partial charge in [-0.25, -0.2) is 4.39 Å². The number of ether oxygens (including phenoxy) is 3. The molecule has 69 heavy (non-hydrogen) atoms. The van der Waals surface area contributed by atoms with Gasteiger partial charge in [-0.1, -0.05) is 245 Å². The number of rotatable bonds is 47. The van der Waals surface area contributed by atoms with Gasteiger partial charge in [0.25, 0.3) is 5.17 Å². The number of nitrogens with one attached hydrogen (secondary N) is 2. The van der Waals surface area contributed by atoms with E-state index in [1.165, 1.54) is 211 Å². The molecule has 0 unspecified atom stereocenters. The van der Waals surface area contributed by atoms with E-state index in [2.05, 4.69) is 24.5 Å². The van der Waals surface area contributed by atoms with E-state index in [4.69, 9.17) is 26.4 Å². The molecule has 0 amide bonds. The van der Waals surface area contributed by atoms with Crippen LogP contribution in [0, 0.1) is 5.82 Å². The lowest BCUT2D eigenvalue weighted by molar-refractivity contribution is -0.302. The minimum absolute atomic E-state index is 0.0928. The molecule has 1 aliphatic heterocycles. The second-order valence-corrected chi connectivity index (χ2v) is 20.9. The molecule has 1 saturated heterocycles. The van der Waals surface area contributed by atoms with Gasteiger partial charge in [-0.05, 0) is 49.8 Å². The van der Waals surface area contributed by atoms with Gasteiger partial charge in [0.1, 0.15) is 36.8 Å². The van der Waals surface area contributed by atoms with Gasteiger partial charge in [0.2, 0.25) is 0 Å². The number of halogens is 1. The molecule has 1 aromatic carbocycles. The van der Waals surface area contributed by atoms with Crippen LogP contribution in [0.5, 0.6) is 0 Å². The molecular formula is C57H105FN2O8S. The summed E-state index contributed by atoms with van der Waals surface area (Å²) in [6, 6.07) is 5.03. The van der Waals surface area contributed by atoms with Crippen molar-refractivity contribution in [1.82, 2.24) is 5.32 Å². The van der Waals surface area contributed by atoms with Gasteiger partial charge in [-0.15, -0.1) is 0 Å². The van der Waals surface area contributed by atoms with Crippen molar-refractivity contribution in [2.75, 3.05) is 25.1 Å². The molecule has 10 nitrogen and oxygen atoms in total. The molecule has 404 valence electrons. The maximum atomic E-state index is 13.6. The summed E-state index contributed by atoms with van der Waals surface area (Å²) >= 11 is 5.23. The zero-order chi connectivity index (χ0) is 50.0. The van der Waals surface area contributed by atoms with E-state index < -0.39 is 54.8 Å². The van der Waals surface area contributed by atoms with Crippen molar-refractivity contribution < 1.29 is 44.1 Å². The van der Waals surface area contributed by atoms with Crippen molar-refractivity contribution >= 4 is 23.1 Å². The molecule has 0 saturated carbocycles. The fourth-order valence-electron chi connectivity index (χ4n) is 9.55. The second-order valence-electron chi connectivity index (χ2n) is 20.5. The summed E-state index contributed by atoms with van der Waals surface area (Å²) in [7, 11) is 0. The van der Waals surface area contributed by atoms with Gasteiger partial charge in [0.05, 0.1) is 24.9 Å². The fraction of sp³-hybridized carbons (Fsp3) is 0.877. The van der Waals surface area contributed by atoms with E-state index >= 15 is 0 Å². The van der Waals surface area contributed by atoms with Crippen LogP contribution in [0.2, 0.25) is 0 Å². The van der Waals surface area contributed by atoms with Crippen LogP contribution in [0.4, 0.5) is 10.1 Å². The number of benzene rings is 1. The van der Waals surface area contributed by atoms with E-state index in [9.17, 15) is 29.9 Å². The molecular weight excluding hydrogens is 892 g/mol. The van der Waals surface area contributed by atoms with Crippen molar-refractivity contribution in [3.05, 3.63) is 30.1 Å². The van der Waals surface area contributed by atoms with Gasteiger partial charge in [0, 0.05) is 5.69 Å². The number of unbranched alkanes of at least 4 members (excludes halogenated alkanes) is 34. The van der Waals surface area contributed by atoms with Crippen molar-refractivity contribution in [2.24, 2.45) is 0 Å². The SMILES string of the molecule is CCCCCCCCCCCCCCCCCCCCCCCCCCN[C@@H](CO[C@@H]1O[C@H](COC(=S)Nc2cccc(F)c2)[C@H](O)[C@H](O)[C@H]1O)[C@H](O)[C@H](O)CCCCCCCCCCCCCC. The number of aliphatic hydroxyl groups is 5. The van der Waals surface area contributed by atoms with E-state index in [1.54, 1.807) is 6.07 Å². The predicted octanol–water partition coefficient (Wildman–Crippen LogP) is 13.5. The Kier molecular flexibility index (Phi) is 40.6. The highest BCUT2D eigenvalue weighted by molar-refractivity contribution is 7.80. The molecule has 12 heteroatoms. The van der Waals surface area contributed by atoms with Crippen molar-refractivity contribution in [1.29, 1.82) is 0 Å². The van der Waals surface area contributed by atoms with Crippen LogP contribution in [0.1, 0.15) is 251 Å². The Balaban J connectivity index is 1.68. The molecule has 0 bridgehead atoms. The summed E-state index contributed by atoms with van der Waals surface area (Å²) in [5.41, 5.74) is 0.380. The third-order valence-corrected chi connectivity index (χ3v) is 14.4. The lowest BCUT2D eigenvalue weighted by Gasteiger charge is -2.40. The first-order valence-electron chi connectivity index (χ1n) is 28.8. The van der Waals surface area contributed by atoms with Gasteiger partial charge in [-0.2, -0.15) is 0 Å². The maximum absolute atomic E-state index is 13.6. The van der Waals surface area contributed by atoms with E-state index in [0.717, 1.165) is 38.5 Å². The lowest BCUT2D eigenvalue weighted by Crippen LogP contribution is -2.60. The van der Waals surface area contributed by atoms with Gasteiger partial charge in [0.15, 0.2) is 6.29 Å². The standard InChI is InChI=1S/C57H105FN2O8S/c1-3-5-7-9-11-13-15-17-18-19-20-21-22-23-24-25-26-27-28-30-32-34-36-38-43-59-49(52(62)50(61)42-37-35-33-31-29-16-14-12-10-8-6-4-2)45-66-56-55(65)54(64)53(63)51(68-56)46-67-57(69)60-48-41-39-40-47(58)44-48/h39-41,44,49-56,59,61-65H,3-38,42-43,45-46H2,1-2H3,(H,60,69)/t49-,50+,51+,52-,53-,54-,55+,56+/m0/s1. The third-order valence-electron chi connectivity index (χ3n) is 14.2. The highest BCUT2D eigenvalue weighted by Crippen LogP contribution is 2.24. The number of hydrogen-bond acceptors (Lipinski definition) is 10. The Bertz CT molecular complexity index is 1320. The van der Waals surface area contributed by atoms with Crippen LogP contribution in [-0.4, -0.2) is 99.4 Å².